The number of thioether (sulfide) groups is 1. The third-order valence-electron chi connectivity index (χ3n) is 1.96. The minimum atomic E-state index is -1.07. The van der Waals surface area contributed by atoms with E-state index in [1.165, 1.54) is 9.75 Å². The number of hydrogen-bond acceptors (Lipinski definition) is 4. The maximum atomic E-state index is 10.4. The van der Waals surface area contributed by atoms with Crippen molar-refractivity contribution in [1.29, 1.82) is 0 Å². The second-order valence-electron chi connectivity index (χ2n) is 3.25. The first-order valence-electron chi connectivity index (χ1n) is 4.82. The van der Waals surface area contributed by atoms with Crippen LogP contribution in [0.1, 0.15) is 16.7 Å². The van der Waals surface area contributed by atoms with Gasteiger partial charge in [0.15, 0.2) is 0 Å². The lowest BCUT2D eigenvalue weighted by Gasteiger charge is -2.07. The van der Waals surface area contributed by atoms with Crippen LogP contribution in [0.25, 0.3) is 0 Å². The molecule has 0 aliphatic rings. The topological polar surface area (TPSA) is 67.8 Å². The third kappa shape index (κ3) is 4.24. The smallest absolute Gasteiger partial charge is 0.134 e. The second-order valence-corrected chi connectivity index (χ2v) is 5.54. The second kappa shape index (κ2) is 6.15. The maximum Gasteiger partial charge on any atom is 0.134 e. The molecule has 1 heterocycles. The summed E-state index contributed by atoms with van der Waals surface area (Å²) in [4.78, 5) is 13.1. The molecule has 0 fully saturated rings. The SMILES string of the molecule is CCc1ccc(CSC[C@H]([NH3+])C(=O)[O-])s1. The minimum absolute atomic E-state index is 0.516. The fraction of sp³-hybridized carbons (Fsp3) is 0.500. The Morgan fingerprint density at radius 3 is 2.80 bits per heavy atom. The van der Waals surface area contributed by atoms with Gasteiger partial charge in [0.2, 0.25) is 0 Å². The van der Waals surface area contributed by atoms with E-state index in [1.54, 1.807) is 23.1 Å². The highest BCUT2D eigenvalue weighted by Crippen LogP contribution is 2.21. The molecule has 0 saturated heterocycles. The largest absolute Gasteiger partial charge is 0.544 e. The van der Waals surface area contributed by atoms with Crippen molar-refractivity contribution in [2.75, 3.05) is 5.75 Å². The summed E-state index contributed by atoms with van der Waals surface area (Å²) in [5, 5.41) is 10.4. The van der Waals surface area contributed by atoms with E-state index in [0.717, 1.165) is 12.2 Å². The van der Waals surface area contributed by atoms with Crippen LogP contribution in [-0.2, 0) is 17.0 Å². The molecule has 0 bridgehead atoms. The highest BCUT2D eigenvalue weighted by molar-refractivity contribution is 7.98. The standard InChI is InChI=1S/C10H15NO2S2/c1-2-7-3-4-8(15-7)5-14-6-9(11)10(12)13/h3-4,9H,2,5-6,11H2,1H3,(H,12,13)/t9-/m0/s1. The molecular weight excluding hydrogens is 230 g/mol. The molecular formula is C10H15NO2S2. The normalized spacial score (nSPS) is 12.7. The Hall–Kier alpha value is -0.520. The molecule has 0 unspecified atom stereocenters. The fourth-order valence-electron chi connectivity index (χ4n) is 1.06. The number of thiophene rings is 1. The van der Waals surface area contributed by atoms with Gasteiger partial charge in [-0.3, -0.25) is 0 Å². The van der Waals surface area contributed by atoms with Crippen molar-refractivity contribution in [1.82, 2.24) is 0 Å². The van der Waals surface area contributed by atoms with Crippen molar-refractivity contribution in [2.45, 2.75) is 25.1 Å². The zero-order valence-corrected chi connectivity index (χ0v) is 10.3. The number of carbonyl (C=O) groups is 1. The Labute approximate surface area is 97.7 Å². The van der Waals surface area contributed by atoms with Gasteiger partial charge < -0.3 is 15.6 Å². The molecule has 84 valence electrons. The van der Waals surface area contributed by atoms with Gasteiger partial charge in [-0.2, -0.15) is 0 Å². The first-order chi connectivity index (χ1) is 7.13. The van der Waals surface area contributed by atoms with Gasteiger partial charge in [0.05, 0.1) is 11.7 Å². The van der Waals surface area contributed by atoms with Crippen molar-refractivity contribution in [3.63, 3.8) is 0 Å². The highest BCUT2D eigenvalue weighted by atomic mass is 32.2. The molecule has 3 N–H and O–H groups in total. The zero-order chi connectivity index (χ0) is 11.3. The van der Waals surface area contributed by atoms with Crippen LogP contribution in [0.15, 0.2) is 12.1 Å². The van der Waals surface area contributed by atoms with Crippen LogP contribution in [0.4, 0.5) is 0 Å². The van der Waals surface area contributed by atoms with Gasteiger partial charge >= 0.3 is 0 Å². The summed E-state index contributed by atoms with van der Waals surface area (Å²) in [5.41, 5.74) is 3.51. The predicted octanol–water partition coefficient (Wildman–Crippen LogP) is -0.0959. The Bertz CT molecular complexity index is 325. The van der Waals surface area contributed by atoms with Crippen molar-refractivity contribution < 1.29 is 15.6 Å². The van der Waals surface area contributed by atoms with Gasteiger partial charge in [0.25, 0.3) is 0 Å². The molecule has 0 spiro atoms. The van der Waals surface area contributed by atoms with Crippen LogP contribution >= 0.6 is 23.1 Å². The minimum Gasteiger partial charge on any atom is -0.544 e. The lowest BCUT2D eigenvalue weighted by Crippen LogP contribution is -2.69. The van der Waals surface area contributed by atoms with E-state index in [4.69, 9.17) is 0 Å². The van der Waals surface area contributed by atoms with E-state index < -0.39 is 12.0 Å². The van der Waals surface area contributed by atoms with Crippen LogP contribution in [0.3, 0.4) is 0 Å². The first-order valence-corrected chi connectivity index (χ1v) is 6.80. The molecule has 1 atom stereocenters. The number of carboxylic acids is 1. The number of carboxylic acid groups (broad SMARTS) is 1. The van der Waals surface area contributed by atoms with Crippen LogP contribution in [0.5, 0.6) is 0 Å². The molecule has 1 rings (SSSR count). The summed E-state index contributed by atoms with van der Waals surface area (Å²) in [5.74, 6) is 0.314. The number of aryl methyl sites for hydroxylation is 1. The molecule has 1 aromatic rings. The first kappa shape index (κ1) is 12.5. The van der Waals surface area contributed by atoms with E-state index in [9.17, 15) is 9.90 Å². The molecule has 1 aromatic heterocycles. The number of hydrogen-bond donors (Lipinski definition) is 1. The molecule has 0 amide bonds. The van der Waals surface area contributed by atoms with Crippen LogP contribution in [0.2, 0.25) is 0 Å². The van der Waals surface area contributed by atoms with E-state index in [1.807, 2.05) is 0 Å². The monoisotopic (exact) mass is 245 g/mol. The maximum absolute atomic E-state index is 10.4. The lowest BCUT2D eigenvalue weighted by molar-refractivity contribution is -0.431. The molecule has 0 aromatic carbocycles. The van der Waals surface area contributed by atoms with Crippen molar-refractivity contribution >= 4 is 29.1 Å². The fourth-order valence-corrected chi connectivity index (χ4v) is 3.13. The molecule has 0 radical (unpaired) electrons. The van der Waals surface area contributed by atoms with Crippen molar-refractivity contribution in [3.8, 4) is 0 Å². The van der Waals surface area contributed by atoms with Crippen molar-refractivity contribution in [3.05, 3.63) is 21.9 Å². The van der Waals surface area contributed by atoms with Gasteiger partial charge in [0.1, 0.15) is 6.04 Å². The Morgan fingerprint density at radius 2 is 2.27 bits per heavy atom. The van der Waals surface area contributed by atoms with Gasteiger partial charge in [-0.15, -0.1) is 23.1 Å². The zero-order valence-electron chi connectivity index (χ0n) is 8.69. The average molecular weight is 245 g/mol. The van der Waals surface area contributed by atoms with Gasteiger partial charge in [0, 0.05) is 15.5 Å². The summed E-state index contributed by atoms with van der Waals surface area (Å²) in [6.45, 7) is 2.13. The summed E-state index contributed by atoms with van der Waals surface area (Å²) >= 11 is 3.38. The van der Waals surface area contributed by atoms with Gasteiger partial charge in [-0.25, -0.2) is 0 Å². The molecule has 3 nitrogen and oxygen atoms in total. The van der Waals surface area contributed by atoms with Crippen LogP contribution in [0, 0.1) is 0 Å². The third-order valence-corrected chi connectivity index (χ3v) is 4.53. The number of aliphatic carboxylic acids is 1. The summed E-state index contributed by atoms with van der Waals surface area (Å²) in [6.07, 6.45) is 1.06. The number of rotatable bonds is 6. The molecule has 15 heavy (non-hydrogen) atoms. The van der Waals surface area contributed by atoms with Crippen LogP contribution in [-0.4, -0.2) is 17.8 Å². The summed E-state index contributed by atoms with van der Waals surface area (Å²) in [7, 11) is 0. The van der Waals surface area contributed by atoms with Crippen molar-refractivity contribution in [2.24, 2.45) is 0 Å². The Kier molecular flexibility index (Phi) is 5.14. The average Bonchev–Trinajstić information content (AvgIpc) is 2.65. The van der Waals surface area contributed by atoms with Crippen LogP contribution < -0.4 is 10.8 Å². The molecule has 5 heteroatoms. The summed E-state index contributed by atoms with van der Waals surface area (Å²) < 4.78 is 0. The number of carbonyl (C=O) groups excluding carboxylic acids is 1. The summed E-state index contributed by atoms with van der Waals surface area (Å²) in [6, 6.07) is 3.62. The molecule has 0 saturated carbocycles. The van der Waals surface area contributed by atoms with Gasteiger partial charge in [-0.1, -0.05) is 6.92 Å². The van der Waals surface area contributed by atoms with E-state index in [2.05, 4.69) is 24.8 Å². The highest BCUT2D eigenvalue weighted by Gasteiger charge is 2.07. The van der Waals surface area contributed by atoms with E-state index >= 15 is 0 Å². The van der Waals surface area contributed by atoms with E-state index in [-0.39, 0.29) is 0 Å². The predicted molar refractivity (Wildman–Crippen MR) is 61.5 cm³/mol. The Morgan fingerprint density at radius 1 is 1.60 bits per heavy atom. The number of quaternary nitrogens is 1. The lowest BCUT2D eigenvalue weighted by atomic mass is 10.4. The van der Waals surface area contributed by atoms with E-state index in [0.29, 0.717) is 5.75 Å². The quantitative estimate of drug-likeness (QED) is 0.761. The Balaban J connectivity index is 2.28. The van der Waals surface area contributed by atoms with Gasteiger partial charge in [-0.05, 0) is 18.6 Å². The molecule has 0 aliphatic heterocycles. The molecule has 0 aliphatic carbocycles.